The fraction of sp³-hybridized carbons (Fsp3) is 0.125. The molecule has 0 aliphatic rings. The molecular weight excluding hydrogens is 368 g/mol. The van der Waals surface area contributed by atoms with Gasteiger partial charge < -0.3 is 19.3 Å². The van der Waals surface area contributed by atoms with Gasteiger partial charge in [0.1, 0.15) is 19.0 Å². The minimum absolute atomic E-state index is 0.201. The van der Waals surface area contributed by atoms with Crippen LogP contribution in [0.2, 0.25) is 0 Å². The van der Waals surface area contributed by atoms with Crippen molar-refractivity contribution >= 4 is 17.6 Å². The lowest BCUT2D eigenvalue weighted by Crippen LogP contribution is -2.10. The first-order valence-electron chi connectivity index (χ1n) is 9.17. The number of carboxylic acids is 1. The van der Waals surface area contributed by atoms with Gasteiger partial charge in [0.15, 0.2) is 11.5 Å². The maximum Gasteiger partial charge on any atom is 0.336 e. The third-order valence-electron chi connectivity index (χ3n) is 4.20. The highest BCUT2D eigenvalue weighted by molar-refractivity contribution is 6.20. The van der Waals surface area contributed by atoms with Crippen molar-refractivity contribution in [2.45, 2.75) is 0 Å². The average Bonchev–Trinajstić information content (AvgIpc) is 2.76. The molecule has 0 aliphatic heterocycles. The van der Waals surface area contributed by atoms with Gasteiger partial charge in [-0.15, -0.1) is 0 Å². The summed E-state index contributed by atoms with van der Waals surface area (Å²) in [7, 11) is 1.59. The predicted octanol–water partition coefficient (Wildman–Crippen LogP) is 4.78. The van der Waals surface area contributed by atoms with E-state index >= 15 is 0 Å². The number of hydrogen-bond acceptors (Lipinski definition) is 4. The number of rotatable bonds is 9. The van der Waals surface area contributed by atoms with E-state index in [9.17, 15) is 9.90 Å². The first-order chi connectivity index (χ1) is 14.2. The molecule has 3 rings (SSSR count). The van der Waals surface area contributed by atoms with Crippen LogP contribution in [0.4, 0.5) is 0 Å². The van der Waals surface area contributed by atoms with E-state index in [1.165, 1.54) is 0 Å². The molecular formula is C24H22O5. The number of aliphatic carboxylic acids is 1. The van der Waals surface area contributed by atoms with E-state index in [0.29, 0.717) is 41.6 Å². The highest BCUT2D eigenvalue weighted by Crippen LogP contribution is 2.27. The van der Waals surface area contributed by atoms with E-state index in [1.807, 2.05) is 60.7 Å². The summed E-state index contributed by atoms with van der Waals surface area (Å²) in [6.45, 7) is 0.625. The van der Waals surface area contributed by atoms with Gasteiger partial charge in [-0.25, -0.2) is 4.79 Å². The minimum Gasteiger partial charge on any atom is -0.493 e. The summed E-state index contributed by atoms with van der Waals surface area (Å²) in [5.74, 6) is 0.894. The van der Waals surface area contributed by atoms with E-state index < -0.39 is 5.97 Å². The van der Waals surface area contributed by atoms with Crippen LogP contribution in [0.3, 0.4) is 0 Å². The number of carbonyl (C=O) groups is 1. The summed E-state index contributed by atoms with van der Waals surface area (Å²) in [6.07, 6.45) is 1.62. The van der Waals surface area contributed by atoms with Crippen molar-refractivity contribution in [3.05, 3.63) is 90.0 Å². The van der Waals surface area contributed by atoms with Gasteiger partial charge in [0, 0.05) is 5.56 Å². The highest BCUT2D eigenvalue weighted by Gasteiger charge is 2.12. The number of methoxy groups -OCH3 is 1. The average molecular weight is 390 g/mol. The summed E-state index contributed by atoms with van der Waals surface area (Å²) in [4.78, 5) is 11.8. The Balaban J connectivity index is 1.71. The van der Waals surface area contributed by atoms with E-state index in [4.69, 9.17) is 14.2 Å². The van der Waals surface area contributed by atoms with E-state index in [2.05, 4.69) is 0 Å². The lowest BCUT2D eigenvalue weighted by molar-refractivity contribution is -0.130. The number of carboxylic acid groups (broad SMARTS) is 1. The van der Waals surface area contributed by atoms with Crippen LogP contribution in [0.25, 0.3) is 11.6 Å². The molecule has 0 saturated heterocycles. The molecule has 29 heavy (non-hydrogen) atoms. The molecule has 5 nitrogen and oxygen atoms in total. The molecule has 0 amide bonds. The Labute approximate surface area is 169 Å². The topological polar surface area (TPSA) is 65.0 Å². The van der Waals surface area contributed by atoms with Crippen LogP contribution in [0.1, 0.15) is 11.1 Å². The minimum atomic E-state index is -0.995. The lowest BCUT2D eigenvalue weighted by Gasteiger charge is -2.13. The molecule has 0 heterocycles. The van der Waals surface area contributed by atoms with Crippen LogP contribution in [0.5, 0.6) is 17.2 Å². The van der Waals surface area contributed by atoms with Gasteiger partial charge in [-0.3, -0.25) is 0 Å². The second kappa shape index (κ2) is 9.99. The van der Waals surface area contributed by atoms with Crippen molar-refractivity contribution in [1.82, 2.24) is 0 Å². The molecule has 0 fully saturated rings. The van der Waals surface area contributed by atoms with Crippen LogP contribution in [-0.4, -0.2) is 31.4 Å². The number of hydrogen-bond donors (Lipinski definition) is 1. The van der Waals surface area contributed by atoms with Crippen molar-refractivity contribution < 1.29 is 24.1 Å². The zero-order valence-corrected chi connectivity index (χ0v) is 16.1. The summed E-state index contributed by atoms with van der Waals surface area (Å²) >= 11 is 0. The predicted molar refractivity (Wildman–Crippen MR) is 112 cm³/mol. The molecule has 3 aromatic rings. The van der Waals surface area contributed by atoms with Crippen molar-refractivity contribution in [3.63, 3.8) is 0 Å². The zero-order valence-electron chi connectivity index (χ0n) is 16.1. The SMILES string of the molecule is COc1ccccc1OCCOc1ccccc1/C=C(\C(=O)O)c1ccccc1. The van der Waals surface area contributed by atoms with Gasteiger partial charge in [0.05, 0.1) is 12.7 Å². The van der Waals surface area contributed by atoms with Crippen LogP contribution in [0, 0.1) is 0 Å². The second-order valence-electron chi connectivity index (χ2n) is 6.11. The van der Waals surface area contributed by atoms with Gasteiger partial charge in [0.2, 0.25) is 0 Å². The van der Waals surface area contributed by atoms with Crippen molar-refractivity contribution in [3.8, 4) is 17.2 Å². The third-order valence-corrected chi connectivity index (χ3v) is 4.20. The Bertz CT molecular complexity index is 979. The molecule has 0 aromatic heterocycles. The number of benzene rings is 3. The molecule has 0 bridgehead atoms. The van der Waals surface area contributed by atoms with Gasteiger partial charge in [-0.05, 0) is 29.8 Å². The summed E-state index contributed by atoms with van der Waals surface area (Å²) < 4.78 is 16.8. The maximum absolute atomic E-state index is 11.8. The molecule has 0 saturated carbocycles. The normalized spacial score (nSPS) is 11.0. The number of ether oxygens (including phenoxy) is 3. The Morgan fingerprint density at radius 2 is 1.34 bits per heavy atom. The Kier molecular flexibility index (Phi) is 6.90. The lowest BCUT2D eigenvalue weighted by atomic mass is 10.0. The molecule has 0 radical (unpaired) electrons. The Hall–Kier alpha value is -3.73. The monoisotopic (exact) mass is 390 g/mol. The van der Waals surface area contributed by atoms with E-state index in [-0.39, 0.29) is 5.57 Å². The summed E-state index contributed by atoms with van der Waals surface area (Å²) in [5, 5.41) is 9.63. The highest BCUT2D eigenvalue weighted by atomic mass is 16.5. The summed E-state index contributed by atoms with van der Waals surface area (Å²) in [6, 6.07) is 23.7. The van der Waals surface area contributed by atoms with Crippen LogP contribution < -0.4 is 14.2 Å². The maximum atomic E-state index is 11.8. The third kappa shape index (κ3) is 5.39. The molecule has 0 unspecified atom stereocenters. The van der Waals surface area contributed by atoms with Gasteiger partial charge in [-0.1, -0.05) is 60.7 Å². The largest absolute Gasteiger partial charge is 0.493 e. The standard InChI is InChI=1S/C24H22O5/c1-27-22-13-7-8-14-23(22)29-16-15-28-21-12-6-5-11-19(21)17-20(24(25)26)18-9-3-2-4-10-18/h2-14,17H,15-16H2,1H3,(H,25,26)/b20-17-. The molecule has 148 valence electrons. The molecule has 3 aromatic carbocycles. The Morgan fingerprint density at radius 3 is 2.00 bits per heavy atom. The fourth-order valence-electron chi connectivity index (χ4n) is 2.81. The van der Waals surface area contributed by atoms with Gasteiger partial charge >= 0.3 is 5.97 Å². The molecule has 0 spiro atoms. The molecule has 0 atom stereocenters. The van der Waals surface area contributed by atoms with Crippen molar-refractivity contribution in [2.75, 3.05) is 20.3 Å². The quantitative estimate of drug-likeness (QED) is 0.324. The Morgan fingerprint density at radius 1 is 0.793 bits per heavy atom. The first kappa shape index (κ1) is 20.0. The van der Waals surface area contributed by atoms with Crippen molar-refractivity contribution in [1.29, 1.82) is 0 Å². The number of para-hydroxylation sites is 3. The summed E-state index contributed by atoms with van der Waals surface area (Å²) in [5.41, 5.74) is 1.52. The second-order valence-corrected chi connectivity index (χ2v) is 6.11. The molecule has 5 heteroatoms. The smallest absolute Gasteiger partial charge is 0.336 e. The van der Waals surface area contributed by atoms with E-state index in [0.717, 1.165) is 0 Å². The van der Waals surface area contributed by atoms with Crippen molar-refractivity contribution in [2.24, 2.45) is 0 Å². The van der Waals surface area contributed by atoms with Crippen LogP contribution in [-0.2, 0) is 4.79 Å². The molecule has 1 N–H and O–H groups in total. The van der Waals surface area contributed by atoms with Gasteiger partial charge in [0.25, 0.3) is 0 Å². The van der Waals surface area contributed by atoms with E-state index in [1.54, 1.807) is 31.4 Å². The fourth-order valence-corrected chi connectivity index (χ4v) is 2.81. The van der Waals surface area contributed by atoms with Crippen LogP contribution >= 0.6 is 0 Å². The zero-order chi connectivity index (χ0) is 20.5. The molecule has 0 aliphatic carbocycles. The van der Waals surface area contributed by atoms with Crippen LogP contribution in [0.15, 0.2) is 78.9 Å². The van der Waals surface area contributed by atoms with Gasteiger partial charge in [-0.2, -0.15) is 0 Å². The first-order valence-corrected chi connectivity index (χ1v) is 9.17.